The van der Waals surface area contributed by atoms with E-state index in [0.29, 0.717) is 11.4 Å². The van der Waals surface area contributed by atoms with Gasteiger partial charge in [0.05, 0.1) is 6.10 Å². The molecule has 0 fully saturated rings. The number of halogens is 1. The van der Waals surface area contributed by atoms with Crippen LogP contribution in [0.4, 0.5) is 0 Å². The fourth-order valence-electron chi connectivity index (χ4n) is 1.60. The van der Waals surface area contributed by atoms with Crippen molar-refractivity contribution in [1.82, 2.24) is 0 Å². The van der Waals surface area contributed by atoms with Crippen molar-refractivity contribution in [3.8, 4) is 0 Å². The quantitative estimate of drug-likeness (QED) is 0.881. The second-order valence-corrected chi connectivity index (χ2v) is 4.65. The van der Waals surface area contributed by atoms with Gasteiger partial charge in [-0.2, -0.15) is 0 Å². The molecule has 0 amide bonds. The molecule has 17 heavy (non-hydrogen) atoms. The molecule has 0 bridgehead atoms. The van der Waals surface area contributed by atoms with Crippen LogP contribution < -0.4 is 0 Å². The summed E-state index contributed by atoms with van der Waals surface area (Å²) in [7, 11) is 0. The van der Waals surface area contributed by atoms with E-state index in [1.807, 2.05) is 32.9 Å². The first-order chi connectivity index (χ1) is 7.91. The van der Waals surface area contributed by atoms with Gasteiger partial charge >= 0.3 is 5.97 Å². The van der Waals surface area contributed by atoms with Gasteiger partial charge in [-0.25, -0.2) is 4.79 Å². The van der Waals surface area contributed by atoms with Gasteiger partial charge in [-0.15, -0.1) is 0 Å². The van der Waals surface area contributed by atoms with E-state index in [0.717, 1.165) is 11.1 Å². The molecule has 0 aliphatic carbocycles. The largest absolute Gasteiger partial charge is 0.479 e. The van der Waals surface area contributed by atoms with Crippen LogP contribution in [0.15, 0.2) is 18.2 Å². The Kier molecular flexibility index (Phi) is 4.97. The summed E-state index contributed by atoms with van der Waals surface area (Å²) in [5.41, 5.74) is 1.82. The zero-order valence-corrected chi connectivity index (χ0v) is 11.0. The molecule has 0 saturated carbocycles. The monoisotopic (exact) mass is 256 g/mol. The number of benzene rings is 1. The lowest BCUT2D eigenvalue weighted by Gasteiger charge is -2.17. The SMILES string of the molecule is Cc1c(Cl)cccc1CC(OC(C)C)C(=O)O. The summed E-state index contributed by atoms with van der Waals surface area (Å²) < 4.78 is 5.37. The molecule has 0 spiro atoms. The van der Waals surface area contributed by atoms with Crippen LogP contribution in [0.1, 0.15) is 25.0 Å². The van der Waals surface area contributed by atoms with Crippen LogP contribution in [0, 0.1) is 6.92 Å². The van der Waals surface area contributed by atoms with Crippen molar-refractivity contribution in [3.63, 3.8) is 0 Å². The molecule has 1 atom stereocenters. The van der Waals surface area contributed by atoms with Crippen molar-refractivity contribution in [2.24, 2.45) is 0 Å². The molecule has 4 heteroatoms. The Morgan fingerprint density at radius 3 is 2.65 bits per heavy atom. The van der Waals surface area contributed by atoms with E-state index in [1.54, 1.807) is 6.07 Å². The smallest absolute Gasteiger partial charge is 0.333 e. The summed E-state index contributed by atoms with van der Waals surface area (Å²) in [5.74, 6) is -0.946. The summed E-state index contributed by atoms with van der Waals surface area (Å²) in [5, 5.41) is 9.73. The van der Waals surface area contributed by atoms with Crippen molar-refractivity contribution >= 4 is 17.6 Å². The molecular weight excluding hydrogens is 240 g/mol. The molecule has 0 aliphatic heterocycles. The van der Waals surface area contributed by atoms with E-state index in [-0.39, 0.29) is 6.10 Å². The molecule has 1 aromatic rings. The Morgan fingerprint density at radius 1 is 1.47 bits per heavy atom. The van der Waals surface area contributed by atoms with Crippen LogP contribution >= 0.6 is 11.6 Å². The van der Waals surface area contributed by atoms with Gasteiger partial charge in [0.2, 0.25) is 0 Å². The molecule has 0 saturated heterocycles. The summed E-state index contributed by atoms with van der Waals surface area (Å²) in [6.45, 7) is 5.52. The first-order valence-electron chi connectivity index (χ1n) is 5.54. The number of carbonyl (C=O) groups is 1. The Balaban J connectivity index is 2.86. The Labute approximate surface area is 106 Å². The van der Waals surface area contributed by atoms with Gasteiger partial charge in [-0.3, -0.25) is 0 Å². The Bertz CT molecular complexity index is 402. The number of ether oxygens (including phenoxy) is 1. The third-order valence-corrected chi connectivity index (χ3v) is 2.91. The summed E-state index contributed by atoms with van der Waals surface area (Å²) in [6.07, 6.45) is -0.609. The van der Waals surface area contributed by atoms with Gasteiger partial charge in [-0.05, 0) is 38.0 Å². The van der Waals surface area contributed by atoms with Gasteiger partial charge in [0.25, 0.3) is 0 Å². The van der Waals surface area contributed by atoms with E-state index < -0.39 is 12.1 Å². The van der Waals surface area contributed by atoms with Crippen molar-refractivity contribution < 1.29 is 14.6 Å². The predicted octanol–water partition coefficient (Wildman–Crippen LogP) is 3.07. The fourth-order valence-corrected chi connectivity index (χ4v) is 1.79. The molecular formula is C13H17ClO3. The zero-order valence-electron chi connectivity index (χ0n) is 10.2. The average Bonchev–Trinajstić information content (AvgIpc) is 2.22. The van der Waals surface area contributed by atoms with E-state index in [9.17, 15) is 4.79 Å². The fraction of sp³-hybridized carbons (Fsp3) is 0.462. The van der Waals surface area contributed by atoms with Crippen LogP contribution in [0.3, 0.4) is 0 Å². The minimum Gasteiger partial charge on any atom is -0.479 e. The molecule has 1 unspecified atom stereocenters. The number of rotatable bonds is 5. The lowest BCUT2D eigenvalue weighted by atomic mass is 10.0. The zero-order chi connectivity index (χ0) is 13.0. The van der Waals surface area contributed by atoms with Gasteiger partial charge in [0.15, 0.2) is 6.10 Å². The van der Waals surface area contributed by atoms with Gasteiger partial charge in [0, 0.05) is 11.4 Å². The molecule has 1 aromatic carbocycles. The highest BCUT2D eigenvalue weighted by atomic mass is 35.5. The van der Waals surface area contributed by atoms with E-state index in [1.165, 1.54) is 0 Å². The lowest BCUT2D eigenvalue weighted by Crippen LogP contribution is -2.29. The molecule has 0 radical (unpaired) electrons. The van der Waals surface area contributed by atoms with Gasteiger partial charge < -0.3 is 9.84 Å². The summed E-state index contributed by atoms with van der Waals surface area (Å²) in [4.78, 5) is 11.1. The summed E-state index contributed by atoms with van der Waals surface area (Å²) >= 11 is 5.99. The van der Waals surface area contributed by atoms with E-state index >= 15 is 0 Å². The molecule has 0 aromatic heterocycles. The molecule has 3 nitrogen and oxygen atoms in total. The number of hydrogen-bond donors (Lipinski definition) is 1. The first kappa shape index (κ1) is 14.0. The standard InChI is InChI=1S/C13H17ClO3/c1-8(2)17-12(13(15)16)7-10-5-4-6-11(14)9(10)3/h4-6,8,12H,7H2,1-3H3,(H,15,16). The minimum atomic E-state index is -0.946. The Morgan fingerprint density at radius 2 is 2.12 bits per heavy atom. The van der Waals surface area contributed by atoms with Crippen molar-refractivity contribution in [2.45, 2.75) is 39.4 Å². The second kappa shape index (κ2) is 6.03. The third-order valence-electron chi connectivity index (χ3n) is 2.50. The van der Waals surface area contributed by atoms with Crippen LogP contribution in [-0.2, 0) is 16.0 Å². The molecule has 0 heterocycles. The first-order valence-corrected chi connectivity index (χ1v) is 5.92. The second-order valence-electron chi connectivity index (χ2n) is 4.24. The maximum absolute atomic E-state index is 11.1. The molecule has 1 rings (SSSR count). The van der Waals surface area contributed by atoms with Crippen molar-refractivity contribution in [3.05, 3.63) is 34.3 Å². The minimum absolute atomic E-state index is 0.115. The van der Waals surface area contributed by atoms with Crippen molar-refractivity contribution in [2.75, 3.05) is 0 Å². The Hall–Kier alpha value is -1.06. The number of carboxylic acid groups (broad SMARTS) is 1. The molecule has 94 valence electrons. The average molecular weight is 257 g/mol. The van der Waals surface area contributed by atoms with E-state index in [2.05, 4.69) is 0 Å². The predicted molar refractivity (Wildman–Crippen MR) is 67.5 cm³/mol. The highest BCUT2D eigenvalue weighted by molar-refractivity contribution is 6.31. The highest BCUT2D eigenvalue weighted by Crippen LogP contribution is 2.21. The van der Waals surface area contributed by atoms with Crippen LogP contribution in [0.25, 0.3) is 0 Å². The third kappa shape index (κ3) is 4.02. The maximum atomic E-state index is 11.1. The van der Waals surface area contributed by atoms with Gasteiger partial charge in [-0.1, -0.05) is 23.7 Å². The highest BCUT2D eigenvalue weighted by Gasteiger charge is 2.21. The lowest BCUT2D eigenvalue weighted by molar-refractivity contribution is -0.153. The van der Waals surface area contributed by atoms with Crippen LogP contribution in [0.2, 0.25) is 5.02 Å². The van der Waals surface area contributed by atoms with Crippen molar-refractivity contribution in [1.29, 1.82) is 0 Å². The van der Waals surface area contributed by atoms with E-state index in [4.69, 9.17) is 21.4 Å². The topological polar surface area (TPSA) is 46.5 Å². The maximum Gasteiger partial charge on any atom is 0.333 e. The summed E-state index contributed by atoms with van der Waals surface area (Å²) in [6, 6.07) is 5.49. The molecule has 1 N–H and O–H groups in total. The van der Waals surface area contributed by atoms with Crippen LogP contribution in [0.5, 0.6) is 0 Å². The van der Waals surface area contributed by atoms with Crippen LogP contribution in [-0.4, -0.2) is 23.3 Å². The molecule has 0 aliphatic rings. The normalized spacial score (nSPS) is 12.8. The number of hydrogen-bond acceptors (Lipinski definition) is 2. The van der Waals surface area contributed by atoms with Gasteiger partial charge in [0.1, 0.15) is 0 Å². The number of aliphatic carboxylic acids is 1. The number of carboxylic acids is 1.